The third-order valence-corrected chi connectivity index (χ3v) is 4.09. The number of benzene rings is 1. The molecule has 108 valence electrons. The summed E-state index contributed by atoms with van der Waals surface area (Å²) in [6.45, 7) is 4.03. The summed E-state index contributed by atoms with van der Waals surface area (Å²) in [5.74, 6) is -0.274. The van der Waals surface area contributed by atoms with Crippen LogP contribution in [0.15, 0.2) is 18.2 Å². The molecule has 0 bridgehead atoms. The minimum absolute atomic E-state index is 0.0419. The first kappa shape index (κ1) is 15.0. The summed E-state index contributed by atoms with van der Waals surface area (Å²) in [7, 11) is 3.78. The summed E-state index contributed by atoms with van der Waals surface area (Å²) < 4.78 is 15.3. The average Bonchev–Trinajstić information content (AvgIpc) is 2.65. The first-order chi connectivity index (χ1) is 9.43. The van der Waals surface area contributed by atoms with E-state index in [1.54, 1.807) is 6.07 Å². The van der Waals surface area contributed by atoms with Gasteiger partial charge in [0.1, 0.15) is 5.82 Å². The van der Waals surface area contributed by atoms with Crippen LogP contribution in [0.4, 0.5) is 4.39 Å². The molecule has 0 radical (unpaired) electrons. The van der Waals surface area contributed by atoms with Gasteiger partial charge in [0.25, 0.3) is 0 Å². The van der Waals surface area contributed by atoms with Gasteiger partial charge in [0.05, 0.1) is 5.69 Å². The zero-order valence-electron chi connectivity index (χ0n) is 12.2. The topological polar surface area (TPSA) is 29.9 Å². The van der Waals surface area contributed by atoms with Crippen molar-refractivity contribution < 1.29 is 4.39 Å². The van der Waals surface area contributed by atoms with Gasteiger partial charge in [-0.05, 0) is 56.6 Å². The highest BCUT2D eigenvalue weighted by molar-refractivity contribution is 6.31. The van der Waals surface area contributed by atoms with E-state index < -0.39 is 0 Å². The molecule has 0 saturated heterocycles. The molecule has 0 fully saturated rings. The molecule has 1 heterocycles. The van der Waals surface area contributed by atoms with E-state index in [2.05, 4.69) is 10.4 Å². The van der Waals surface area contributed by atoms with E-state index in [-0.39, 0.29) is 11.9 Å². The number of aryl methyl sites for hydroxylation is 2. The number of hydrogen-bond acceptors (Lipinski definition) is 2. The molecule has 3 nitrogen and oxygen atoms in total. The second-order valence-electron chi connectivity index (χ2n) is 4.98. The molecule has 1 aromatic carbocycles. The van der Waals surface area contributed by atoms with Crippen LogP contribution in [-0.2, 0) is 13.5 Å². The molecule has 0 spiro atoms. The number of aromatic nitrogens is 2. The van der Waals surface area contributed by atoms with E-state index in [0.717, 1.165) is 23.4 Å². The van der Waals surface area contributed by atoms with Crippen molar-refractivity contribution >= 4 is 11.6 Å². The van der Waals surface area contributed by atoms with Crippen molar-refractivity contribution in [1.29, 1.82) is 0 Å². The maximum atomic E-state index is 13.4. The second kappa shape index (κ2) is 5.94. The van der Waals surface area contributed by atoms with Gasteiger partial charge in [0.15, 0.2) is 0 Å². The molecule has 20 heavy (non-hydrogen) atoms. The summed E-state index contributed by atoms with van der Waals surface area (Å²) in [6.07, 6.45) is 0.727. The molecule has 1 unspecified atom stereocenters. The van der Waals surface area contributed by atoms with Crippen LogP contribution in [0, 0.1) is 19.7 Å². The lowest BCUT2D eigenvalue weighted by Crippen LogP contribution is -2.20. The lowest BCUT2D eigenvalue weighted by molar-refractivity contribution is 0.575. The molecule has 0 aliphatic heterocycles. The predicted molar refractivity (Wildman–Crippen MR) is 79.6 cm³/mol. The monoisotopic (exact) mass is 295 g/mol. The maximum absolute atomic E-state index is 13.4. The van der Waals surface area contributed by atoms with Crippen LogP contribution in [0.1, 0.15) is 28.6 Å². The van der Waals surface area contributed by atoms with Crippen LogP contribution < -0.4 is 5.32 Å². The van der Waals surface area contributed by atoms with Crippen LogP contribution in [0.2, 0.25) is 5.02 Å². The SMILES string of the molecule is CNC(Cc1c(C)nn(C)c1C)c1cc(F)ccc1Cl. The molecule has 0 aliphatic carbocycles. The number of nitrogens with zero attached hydrogens (tertiary/aromatic N) is 2. The summed E-state index contributed by atoms with van der Waals surface area (Å²) in [5.41, 5.74) is 4.07. The minimum atomic E-state index is -0.274. The van der Waals surface area contributed by atoms with E-state index in [1.165, 1.54) is 17.7 Å². The molecule has 0 amide bonds. The number of nitrogens with one attached hydrogen (secondary N) is 1. The zero-order chi connectivity index (χ0) is 14.9. The predicted octanol–water partition coefficient (Wildman–Crippen LogP) is 3.33. The van der Waals surface area contributed by atoms with E-state index >= 15 is 0 Å². The third-order valence-electron chi connectivity index (χ3n) is 3.75. The molecular weight excluding hydrogens is 277 g/mol. The van der Waals surface area contributed by atoms with Gasteiger partial charge >= 0.3 is 0 Å². The number of hydrogen-bond donors (Lipinski definition) is 1. The summed E-state index contributed by atoms with van der Waals surface area (Å²) >= 11 is 6.19. The van der Waals surface area contributed by atoms with Crippen LogP contribution in [0.25, 0.3) is 0 Å². The Bertz CT molecular complexity index is 622. The molecule has 5 heteroatoms. The summed E-state index contributed by atoms with van der Waals surface area (Å²) in [6, 6.07) is 4.42. The maximum Gasteiger partial charge on any atom is 0.123 e. The van der Waals surface area contributed by atoms with E-state index in [1.807, 2.05) is 32.6 Å². The van der Waals surface area contributed by atoms with Gasteiger partial charge < -0.3 is 5.32 Å². The molecule has 2 aromatic rings. The fourth-order valence-corrected chi connectivity index (χ4v) is 2.72. The fraction of sp³-hybridized carbons (Fsp3) is 0.400. The van der Waals surface area contributed by atoms with Crippen molar-refractivity contribution in [2.24, 2.45) is 7.05 Å². The third kappa shape index (κ3) is 2.86. The molecule has 1 atom stereocenters. The Labute approximate surface area is 123 Å². The smallest absolute Gasteiger partial charge is 0.123 e. The van der Waals surface area contributed by atoms with Gasteiger partial charge in [0.2, 0.25) is 0 Å². The molecule has 0 saturated carbocycles. The van der Waals surface area contributed by atoms with Crippen molar-refractivity contribution in [2.45, 2.75) is 26.3 Å². The van der Waals surface area contributed by atoms with E-state index in [0.29, 0.717) is 5.02 Å². The van der Waals surface area contributed by atoms with Crippen LogP contribution in [0.5, 0.6) is 0 Å². The molecule has 0 aliphatic rings. The van der Waals surface area contributed by atoms with Crippen molar-refractivity contribution in [2.75, 3.05) is 7.05 Å². The Hall–Kier alpha value is -1.39. The first-order valence-electron chi connectivity index (χ1n) is 6.55. The molecule has 2 rings (SSSR count). The standard InChI is InChI=1S/C15H19ClFN3/c1-9-12(10(2)20(4)19-9)8-15(18-3)13-7-11(17)5-6-14(13)16/h5-7,15,18H,8H2,1-4H3. The Morgan fingerprint density at radius 3 is 2.65 bits per heavy atom. The summed E-state index contributed by atoms with van der Waals surface area (Å²) in [5, 5.41) is 8.20. The van der Waals surface area contributed by atoms with Gasteiger partial charge in [-0.2, -0.15) is 5.10 Å². The van der Waals surface area contributed by atoms with Gasteiger partial charge in [-0.3, -0.25) is 4.68 Å². The molecule has 1 N–H and O–H groups in total. The van der Waals surface area contributed by atoms with Crippen LogP contribution >= 0.6 is 11.6 Å². The molecular formula is C15H19ClFN3. The van der Waals surface area contributed by atoms with E-state index in [9.17, 15) is 4.39 Å². The Kier molecular flexibility index (Phi) is 4.45. The second-order valence-corrected chi connectivity index (χ2v) is 5.39. The Balaban J connectivity index is 2.36. The number of rotatable bonds is 4. The van der Waals surface area contributed by atoms with Crippen molar-refractivity contribution in [3.63, 3.8) is 0 Å². The molecule has 1 aromatic heterocycles. The lowest BCUT2D eigenvalue weighted by Gasteiger charge is -2.18. The van der Waals surface area contributed by atoms with Crippen LogP contribution in [0.3, 0.4) is 0 Å². The highest BCUT2D eigenvalue weighted by atomic mass is 35.5. The zero-order valence-corrected chi connectivity index (χ0v) is 12.9. The minimum Gasteiger partial charge on any atom is -0.313 e. The van der Waals surface area contributed by atoms with Crippen molar-refractivity contribution in [1.82, 2.24) is 15.1 Å². The quantitative estimate of drug-likeness (QED) is 0.937. The van der Waals surface area contributed by atoms with E-state index in [4.69, 9.17) is 11.6 Å². The van der Waals surface area contributed by atoms with Crippen molar-refractivity contribution in [3.05, 3.63) is 51.6 Å². The highest BCUT2D eigenvalue weighted by Crippen LogP contribution is 2.28. The van der Waals surface area contributed by atoms with Crippen LogP contribution in [-0.4, -0.2) is 16.8 Å². The lowest BCUT2D eigenvalue weighted by atomic mass is 9.97. The average molecular weight is 296 g/mol. The Morgan fingerprint density at radius 1 is 1.40 bits per heavy atom. The summed E-state index contributed by atoms with van der Waals surface area (Å²) in [4.78, 5) is 0. The normalized spacial score (nSPS) is 12.7. The number of likely N-dealkylation sites (N-methyl/N-ethyl adjacent to an activating group) is 1. The Morgan fingerprint density at radius 2 is 2.10 bits per heavy atom. The number of halogens is 2. The first-order valence-corrected chi connectivity index (χ1v) is 6.93. The largest absolute Gasteiger partial charge is 0.313 e. The highest BCUT2D eigenvalue weighted by Gasteiger charge is 2.18. The fourth-order valence-electron chi connectivity index (χ4n) is 2.47. The van der Waals surface area contributed by atoms with Crippen molar-refractivity contribution in [3.8, 4) is 0 Å². The van der Waals surface area contributed by atoms with Gasteiger partial charge in [-0.25, -0.2) is 4.39 Å². The van der Waals surface area contributed by atoms with Gasteiger partial charge in [-0.15, -0.1) is 0 Å². The van der Waals surface area contributed by atoms with Gasteiger partial charge in [0, 0.05) is 23.8 Å². The van der Waals surface area contributed by atoms with Gasteiger partial charge in [-0.1, -0.05) is 11.6 Å².